The summed E-state index contributed by atoms with van der Waals surface area (Å²) in [7, 11) is 0. The van der Waals surface area contributed by atoms with Gasteiger partial charge in [0.05, 0.1) is 11.0 Å². The average Bonchev–Trinajstić information content (AvgIpc) is 3.66. The molecule has 0 aliphatic heterocycles. The number of fused-ring (bicyclic) bond motifs is 8. The van der Waals surface area contributed by atoms with Crippen LogP contribution in [0.1, 0.15) is 73.6 Å². The first kappa shape index (κ1) is 33.7. The maximum atomic E-state index is 4.54. The van der Waals surface area contributed by atoms with E-state index in [0.29, 0.717) is 0 Å². The minimum atomic E-state index is -0.0367. The number of aromatic nitrogens is 3. The molecule has 0 atom stereocenters. The molecule has 0 N–H and O–H groups in total. The van der Waals surface area contributed by atoms with Crippen molar-refractivity contribution in [3.8, 4) is 39.3 Å². The van der Waals surface area contributed by atoms with Gasteiger partial charge in [0.1, 0.15) is 0 Å². The van der Waals surface area contributed by atoms with Gasteiger partial charge in [-0.05, 0) is 88.4 Å². The predicted octanol–water partition coefficient (Wildman–Crippen LogP) is 12.3. The number of rotatable bonds is 3. The zero-order chi connectivity index (χ0) is 34.8. The second kappa shape index (κ2) is 13.4. The van der Waals surface area contributed by atoms with Crippen molar-refractivity contribution in [2.75, 3.05) is 0 Å². The van der Waals surface area contributed by atoms with E-state index in [4.69, 9.17) is 0 Å². The van der Waals surface area contributed by atoms with Crippen LogP contribution in [-0.2, 0) is 25.5 Å². The Hall–Kier alpha value is -5.15. The van der Waals surface area contributed by atoms with Gasteiger partial charge in [-0.3, -0.25) is 0 Å². The van der Waals surface area contributed by atoms with Crippen molar-refractivity contribution in [2.45, 2.75) is 56.8 Å². The molecular weight excluding hydrogens is 823 g/mol. The summed E-state index contributed by atoms with van der Waals surface area (Å²) in [5.41, 5.74) is 16.3. The van der Waals surface area contributed by atoms with Gasteiger partial charge >= 0.3 is 0 Å². The number of hydrogen-bond acceptors (Lipinski definition) is 2. The number of nitrogens with zero attached hydrogens (tertiary/aromatic N) is 3. The molecule has 0 unspecified atom stereocenters. The van der Waals surface area contributed by atoms with E-state index in [1.54, 1.807) is 11.1 Å². The molecule has 4 aliphatic rings. The van der Waals surface area contributed by atoms with Crippen molar-refractivity contribution in [1.29, 1.82) is 0 Å². The second-order valence-corrected chi connectivity index (χ2v) is 15.1. The Labute approximate surface area is 325 Å². The Balaban J connectivity index is 0.000000165. The summed E-state index contributed by atoms with van der Waals surface area (Å²) in [5.74, 6) is 1.60. The van der Waals surface area contributed by atoms with Crippen LogP contribution >= 0.6 is 0 Å². The standard InChI is InChI=1S/C32H23N2.C17H16N.Ir/c1-32(2)27-14-5-3-12-23(27)25-19-26-24-13-4-6-16-30(24)34(31(26)20-28(25)32)22-11-9-10-21(18-22)29-15-7-8-17-33-29;1-2-10-18-17(3-1)14-8-9-15-12-4-6-13(7-5-12)16(15)11-14;/h3-9,11-20H,1-2H3;1-3,9-13H,4-7H2;/q2*-1;. The second-order valence-electron chi connectivity index (χ2n) is 15.1. The van der Waals surface area contributed by atoms with Crippen LogP contribution in [0.15, 0.2) is 140 Å². The smallest absolute Gasteiger partial charge is 0.0527 e. The molecule has 1 radical (unpaired) electrons. The average molecular weight is 862 g/mol. The first-order valence-electron chi connectivity index (χ1n) is 18.6. The molecule has 12 rings (SSSR count). The van der Waals surface area contributed by atoms with E-state index in [0.717, 1.165) is 40.0 Å². The van der Waals surface area contributed by atoms with Gasteiger partial charge in [0.15, 0.2) is 0 Å². The fraction of sp³-hybridized carbons (Fsp3) is 0.184. The van der Waals surface area contributed by atoms with Gasteiger partial charge in [-0.25, -0.2) is 0 Å². The quantitative estimate of drug-likeness (QED) is 0.166. The van der Waals surface area contributed by atoms with E-state index >= 15 is 0 Å². The number of para-hydroxylation sites is 1. The molecule has 8 aromatic rings. The van der Waals surface area contributed by atoms with E-state index in [-0.39, 0.29) is 25.5 Å². The van der Waals surface area contributed by atoms with Crippen molar-refractivity contribution in [1.82, 2.24) is 14.5 Å². The molecule has 53 heavy (non-hydrogen) atoms. The van der Waals surface area contributed by atoms with Crippen molar-refractivity contribution in [2.24, 2.45) is 0 Å². The monoisotopic (exact) mass is 862 g/mol. The number of benzene rings is 5. The van der Waals surface area contributed by atoms with Gasteiger partial charge in [0.25, 0.3) is 0 Å². The van der Waals surface area contributed by atoms with Gasteiger partial charge in [0, 0.05) is 48.7 Å². The molecule has 0 spiro atoms. The Morgan fingerprint density at radius 2 is 1.25 bits per heavy atom. The summed E-state index contributed by atoms with van der Waals surface area (Å²) >= 11 is 0. The van der Waals surface area contributed by atoms with Crippen molar-refractivity contribution in [3.05, 3.63) is 174 Å². The summed E-state index contributed by atoms with van der Waals surface area (Å²) in [5, 5.41) is 2.56. The summed E-state index contributed by atoms with van der Waals surface area (Å²) in [6, 6.07) is 52.2. The molecule has 5 aromatic carbocycles. The van der Waals surface area contributed by atoms with Gasteiger partial charge in [-0.1, -0.05) is 99.3 Å². The SMILES string of the molecule is CC1(C)c2ccccc2-c2cc3c4ccccc4n(-c4cc[c-]c(-c5ccccn5)c4)c3cc21.[Ir].[c-]1cc2c(cc1-c1ccccn1)C1CCC2CC1. The van der Waals surface area contributed by atoms with Gasteiger partial charge in [0.2, 0.25) is 0 Å². The number of pyridine rings is 2. The van der Waals surface area contributed by atoms with E-state index in [2.05, 4.69) is 132 Å². The van der Waals surface area contributed by atoms with Crippen molar-refractivity contribution >= 4 is 21.8 Å². The Morgan fingerprint density at radius 1 is 0.585 bits per heavy atom. The van der Waals surface area contributed by atoms with E-state index in [1.807, 2.05) is 48.8 Å². The normalized spacial score (nSPS) is 17.3. The van der Waals surface area contributed by atoms with Crippen molar-refractivity contribution < 1.29 is 20.1 Å². The Bertz CT molecular complexity index is 2610. The van der Waals surface area contributed by atoms with Gasteiger partial charge in [-0.15, -0.1) is 64.7 Å². The van der Waals surface area contributed by atoms with Crippen LogP contribution in [-0.4, -0.2) is 14.5 Å². The molecule has 4 heteroatoms. The van der Waals surface area contributed by atoms with Crippen molar-refractivity contribution in [3.63, 3.8) is 0 Å². The maximum Gasteiger partial charge on any atom is 0.0527 e. The molecule has 2 bridgehead atoms. The zero-order valence-corrected chi connectivity index (χ0v) is 32.3. The van der Waals surface area contributed by atoms with Crippen LogP contribution in [0.4, 0.5) is 0 Å². The fourth-order valence-corrected chi connectivity index (χ4v) is 9.32. The van der Waals surface area contributed by atoms with E-state index < -0.39 is 0 Å². The molecule has 3 aromatic heterocycles. The molecule has 3 nitrogen and oxygen atoms in total. The fourth-order valence-electron chi connectivity index (χ4n) is 9.32. The molecule has 1 fully saturated rings. The van der Waals surface area contributed by atoms with Crippen LogP contribution in [0.2, 0.25) is 0 Å². The maximum absolute atomic E-state index is 4.54. The van der Waals surface area contributed by atoms with Crippen LogP contribution in [0.25, 0.3) is 61.1 Å². The molecular formula is C49H39IrN3-2. The summed E-state index contributed by atoms with van der Waals surface area (Å²) in [4.78, 5) is 8.97. The zero-order valence-electron chi connectivity index (χ0n) is 29.9. The Kier molecular flexibility index (Phi) is 8.49. The first-order valence-corrected chi connectivity index (χ1v) is 18.6. The van der Waals surface area contributed by atoms with E-state index in [9.17, 15) is 0 Å². The van der Waals surface area contributed by atoms with Gasteiger partial charge in [-0.2, -0.15) is 0 Å². The largest absolute Gasteiger partial charge is 0.327 e. The molecule has 261 valence electrons. The van der Waals surface area contributed by atoms with Crippen LogP contribution in [0, 0.1) is 12.1 Å². The molecule has 1 saturated carbocycles. The molecule has 3 heterocycles. The van der Waals surface area contributed by atoms with Gasteiger partial charge < -0.3 is 14.5 Å². The summed E-state index contributed by atoms with van der Waals surface area (Å²) < 4.78 is 2.39. The predicted molar refractivity (Wildman–Crippen MR) is 213 cm³/mol. The third-order valence-corrected chi connectivity index (χ3v) is 11.9. The summed E-state index contributed by atoms with van der Waals surface area (Å²) in [6.07, 6.45) is 9.21. The molecule has 0 saturated heterocycles. The number of hydrogen-bond donors (Lipinski definition) is 0. The van der Waals surface area contributed by atoms with Crippen LogP contribution in [0.5, 0.6) is 0 Å². The minimum absolute atomic E-state index is 0. The van der Waals surface area contributed by atoms with E-state index in [1.165, 1.54) is 69.7 Å². The molecule has 4 aliphatic carbocycles. The first-order chi connectivity index (χ1) is 25.5. The Morgan fingerprint density at radius 3 is 1.98 bits per heavy atom. The van der Waals surface area contributed by atoms with Crippen LogP contribution < -0.4 is 0 Å². The van der Waals surface area contributed by atoms with Crippen LogP contribution in [0.3, 0.4) is 0 Å². The summed E-state index contributed by atoms with van der Waals surface area (Å²) in [6.45, 7) is 4.68. The minimum Gasteiger partial charge on any atom is -0.327 e. The third kappa shape index (κ3) is 5.59. The third-order valence-electron chi connectivity index (χ3n) is 11.9. The topological polar surface area (TPSA) is 30.7 Å². The molecule has 0 amide bonds.